The highest BCUT2D eigenvalue weighted by Crippen LogP contribution is 2.34. The van der Waals surface area contributed by atoms with Gasteiger partial charge in [0.1, 0.15) is 0 Å². The van der Waals surface area contributed by atoms with Crippen molar-refractivity contribution >= 4 is 22.8 Å². The quantitative estimate of drug-likeness (QED) is 0.779. The van der Waals surface area contributed by atoms with Crippen LogP contribution in [0.3, 0.4) is 0 Å². The van der Waals surface area contributed by atoms with Gasteiger partial charge in [0.05, 0.1) is 10.6 Å². The van der Waals surface area contributed by atoms with Gasteiger partial charge in [0.2, 0.25) is 0 Å². The van der Waals surface area contributed by atoms with E-state index in [1.54, 1.807) is 11.3 Å². The van der Waals surface area contributed by atoms with Gasteiger partial charge in [-0.2, -0.15) is 0 Å². The Bertz CT molecular complexity index is 443. The van der Waals surface area contributed by atoms with Crippen molar-refractivity contribution in [2.75, 3.05) is 11.4 Å². The molecule has 1 aromatic rings. The molecule has 0 radical (unpaired) electrons. The fourth-order valence-electron chi connectivity index (χ4n) is 2.64. The molecule has 0 aliphatic carbocycles. The molecule has 3 unspecified atom stereocenters. The molecule has 0 spiro atoms. The molecule has 1 aliphatic rings. The van der Waals surface area contributed by atoms with Crippen LogP contribution >= 0.6 is 11.3 Å². The van der Waals surface area contributed by atoms with E-state index in [4.69, 9.17) is 4.98 Å². The van der Waals surface area contributed by atoms with Gasteiger partial charge in [-0.25, -0.2) is 4.98 Å². The van der Waals surface area contributed by atoms with Crippen molar-refractivity contribution in [2.24, 2.45) is 5.92 Å². The van der Waals surface area contributed by atoms with Crippen LogP contribution in [0.15, 0.2) is 0 Å². The van der Waals surface area contributed by atoms with Gasteiger partial charge in [0.25, 0.3) is 0 Å². The summed E-state index contributed by atoms with van der Waals surface area (Å²) in [5.41, 5.74) is 0.989. The first-order valence-electron chi connectivity index (χ1n) is 7.29. The standard InChI is InChI=1S/C15H24N2OS/c1-5-11(3)14-13(9-18)19-15(16-14)17-8-10(2)6-7-12(17)4/h9-12H,5-8H2,1-4H3. The minimum absolute atomic E-state index is 0.364. The van der Waals surface area contributed by atoms with Gasteiger partial charge in [-0.05, 0) is 38.0 Å². The Morgan fingerprint density at radius 2 is 2.21 bits per heavy atom. The molecule has 0 N–H and O–H groups in total. The summed E-state index contributed by atoms with van der Waals surface area (Å²) in [5.74, 6) is 1.08. The summed E-state index contributed by atoms with van der Waals surface area (Å²) in [5, 5.41) is 1.04. The number of anilines is 1. The number of aldehydes is 1. The zero-order valence-electron chi connectivity index (χ0n) is 12.3. The second-order valence-electron chi connectivity index (χ2n) is 5.86. The predicted molar refractivity (Wildman–Crippen MR) is 81.4 cm³/mol. The lowest BCUT2D eigenvalue weighted by atomic mass is 9.96. The highest BCUT2D eigenvalue weighted by molar-refractivity contribution is 7.17. The molecular formula is C15H24N2OS. The van der Waals surface area contributed by atoms with Crippen molar-refractivity contribution in [3.05, 3.63) is 10.6 Å². The molecule has 1 saturated heterocycles. The molecular weight excluding hydrogens is 256 g/mol. The second-order valence-corrected chi connectivity index (χ2v) is 6.87. The number of nitrogens with zero attached hydrogens (tertiary/aromatic N) is 2. The van der Waals surface area contributed by atoms with Gasteiger partial charge in [0.15, 0.2) is 11.4 Å². The lowest BCUT2D eigenvalue weighted by Gasteiger charge is -2.36. The summed E-state index contributed by atoms with van der Waals surface area (Å²) in [6.45, 7) is 9.91. The first-order chi connectivity index (χ1) is 9.06. The number of carbonyl (C=O) groups excluding carboxylic acids is 1. The number of piperidine rings is 1. The van der Waals surface area contributed by atoms with Crippen LogP contribution in [-0.4, -0.2) is 23.9 Å². The second kappa shape index (κ2) is 6.04. The number of carbonyl (C=O) groups is 1. The van der Waals surface area contributed by atoms with Crippen molar-refractivity contribution in [3.63, 3.8) is 0 Å². The Labute approximate surface area is 120 Å². The molecule has 2 heterocycles. The highest BCUT2D eigenvalue weighted by atomic mass is 32.1. The van der Waals surface area contributed by atoms with Gasteiger partial charge in [-0.1, -0.05) is 32.1 Å². The fourth-order valence-corrected chi connectivity index (χ4v) is 3.75. The molecule has 3 nitrogen and oxygen atoms in total. The normalized spacial score (nSPS) is 25.4. The zero-order chi connectivity index (χ0) is 14.0. The summed E-state index contributed by atoms with van der Waals surface area (Å²) in [6, 6.07) is 0.534. The number of hydrogen-bond donors (Lipinski definition) is 0. The predicted octanol–water partition coefficient (Wildman–Crippen LogP) is 4.09. The summed E-state index contributed by atoms with van der Waals surface area (Å²) in [6.07, 6.45) is 4.51. The third kappa shape index (κ3) is 2.99. The number of rotatable bonds is 4. The van der Waals surface area contributed by atoms with Crippen molar-refractivity contribution in [3.8, 4) is 0 Å². The Morgan fingerprint density at radius 1 is 1.47 bits per heavy atom. The molecule has 3 atom stereocenters. The van der Waals surface area contributed by atoms with Crippen LogP contribution in [0.25, 0.3) is 0 Å². The molecule has 106 valence electrons. The van der Waals surface area contributed by atoms with E-state index in [-0.39, 0.29) is 0 Å². The molecule has 1 fully saturated rings. The maximum Gasteiger partial charge on any atom is 0.186 e. The van der Waals surface area contributed by atoms with Gasteiger partial charge in [0, 0.05) is 12.6 Å². The van der Waals surface area contributed by atoms with Crippen molar-refractivity contribution in [1.29, 1.82) is 0 Å². The smallest absolute Gasteiger partial charge is 0.186 e. The van der Waals surface area contributed by atoms with E-state index in [9.17, 15) is 4.79 Å². The first kappa shape index (κ1) is 14.5. The topological polar surface area (TPSA) is 33.2 Å². The van der Waals surface area contributed by atoms with Crippen LogP contribution in [0.2, 0.25) is 0 Å². The largest absolute Gasteiger partial charge is 0.345 e. The maximum absolute atomic E-state index is 11.2. The van der Waals surface area contributed by atoms with E-state index >= 15 is 0 Å². The van der Waals surface area contributed by atoms with Crippen LogP contribution in [0.1, 0.15) is 68.2 Å². The molecule has 1 aliphatic heterocycles. The van der Waals surface area contributed by atoms with E-state index in [0.29, 0.717) is 17.9 Å². The van der Waals surface area contributed by atoms with Crippen molar-refractivity contribution in [2.45, 2.75) is 58.9 Å². The van der Waals surface area contributed by atoms with Crippen LogP contribution in [0.5, 0.6) is 0 Å². The van der Waals surface area contributed by atoms with Crippen molar-refractivity contribution in [1.82, 2.24) is 4.98 Å². The SMILES string of the molecule is CCC(C)c1nc(N2CC(C)CCC2C)sc1C=O. The average molecular weight is 280 g/mol. The van der Waals surface area contributed by atoms with Crippen LogP contribution < -0.4 is 4.90 Å². The third-order valence-electron chi connectivity index (χ3n) is 4.22. The number of hydrogen-bond acceptors (Lipinski definition) is 4. The monoisotopic (exact) mass is 280 g/mol. The van der Waals surface area contributed by atoms with Crippen molar-refractivity contribution < 1.29 is 4.79 Å². The van der Waals surface area contributed by atoms with E-state index < -0.39 is 0 Å². The Kier molecular flexibility index (Phi) is 4.61. The minimum atomic E-state index is 0.364. The molecule has 0 aromatic carbocycles. The Hall–Kier alpha value is -0.900. The summed E-state index contributed by atoms with van der Waals surface area (Å²) < 4.78 is 0. The average Bonchev–Trinajstić information content (AvgIpc) is 2.84. The number of aromatic nitrogens is 1. The van der Waals surface area contributed by atoms with Gasteiger partial charge in [-0.3, -0.25) is 4.79 Å². The van der Waals surface area contributed by atoms with Gasteiger partial charge in [-0.15, -0.1) is 0 Å². The molecule has 2 rings (SSSR count). The fraction of sp³-hybridized carbons (Fsp3) is 0.733. The zero-order valence-corrected chi connectivity index (χ0v) is 13.2. The summed E-state index contributed by atoms with van der Waals surface area (Å²) >= 11 is 1.56. The molecule has 0 amide bonds. The molecule has 0 bridgehead atoms. The van der Waals surface area contributed by atoms with Gasteiger partial charge < -0.3 is 4.90 Å². The molecule has 4 heteroatoms. The summed E-state index contributed by atoms with van der Waals surface area (Å²) in [4.78, 5) is 19.2. The highest BCUT2D eigenvalue weighted by Gasteiger charge is 2.27. The Balaban J connectivity index is 2.29. The number of thiazole rings is 1. The summed E-state index contributed by atoms with van der Waals surface area (Å²) in [7, 11) is 0. The van der Waals surface area contributed by atoms with Gasteiger partial charge >= 0.3 is 0 Å². The molecule has 0 saturated carbocycles. The maximum atomic E-state index is 11.2. The third-order valence-corrected chi connectivity index (χ3v) is 5.25. The molecule has 1 aromatic heterocycles. The van der Waals surface area contributed by atoms with E-state index in [1.807, 2.05) is 0 Å². The minimum Gasteiger partial charge on any atom is -0.345 e. The van der Waals surface area contributed by atoms with Crippen LogP contribution in [0.4, 0.5) is 5.13 Å². The van der Waals surface area contributed by atoms with Crippen LogP contribution in [-0.2, 0) is 0 Å². The Morgan fingerprint density at radius 3 is 2.84 bits per heavy atom. The lowest BCUT2D eigenvalue weighted by molar-refractivity contribution is 0.112. The first-order valence-corrected chi connectivity index (χ1v) is 8.11. The van der Waals surface area contributed by atoms with E-state index in [0.717, 1.165) is 35.0 Å². The molecule has 19 heavy (non-hydrogen) atoms. The van der Waals surface area contributed by atoms with Crippen LogP contribution in [0, 0.1) is 5.92 Å². The van der Waals surface area contributed by atoms with E-state index in [2.05, 4.69) is 32.6 Å². The van der Waals surface area contributed by atoms with E-state index in [1.165, 1.54) is 12.8 Å². The lowest BCUT2D eigenvalue weighted by Crippen LogP contribution is -2.41.